The summed E-state index contributed by atoms with van der Waals surface area (Å²) in [4.78, 5) is 17.9. The van der Waals surface area contributed by atoms with Gasteiger partial charge in [-0.25, -0.2) is 0 Å². The monoisotopic (exact) mass is 274 g/mol. The number of aromatic nitrogens is 1. The zero-order chi connectivity index (χ0) is 13.4. The molecule has 2 aromatic rings. The van der Waals surface area contributed by atoms with E-state index in [0.29, 0.717) is 22.8 Å². The molecule has 1 aliphatic rings. The van der Waals surface area contributed by atoms with E-state index >= 15 is 0 Å². The van der Waals surface area contributed by atoms with Crippen molar-refractivity contribution < 1.29 is 9.90 Å². The van der Waals surface area contributed by atoms with E-state index in [4.69, 9.17) is 11.6 Å². The van der Waals surface area contributed by atoms with E-state index in [2.05, 4.69) is 4.98 Å². The van der Waals surface area contributed by atoms with E-state index in [1.807, 2.05) is 6.07 Å². The van der Waals surface area contributed by atoms with Crippen molar-refractivity contribution in [3.05, 3.63) is 52.8 Å². The van der Waals surface area contributed by atoms with Gasteiger partial charge in [0.2, 0.25) is 0 Å². The van der Waals surface area contributed by atoms with E-state index in [-0.39, 0.29) is 11.7 Å². The second-order valence-electron chi connectivity index (χ2n) is 4.41. The van der Waals surface area contributed by atoms with Crippen LogP contribution >= 0.6 is 11.6 Å². The molecule has 4 nitrogen and oxygen atoms in total. The average molecular weight is 275 g/mol. The summed E-state index contributed by atoms with van der Waals surface area (Å²) in [6, 6.07) is 6.81. The van der Waals surface area contributed by atoms with Gasteiger partial charge in [-0.05, 0) is 30.2 Å². The lowest BCUT2D eigenvalue weighted by molar-refractivity contribution is 0.0980. The van der Waals surface area contributed by atoms with Crippen LogP contribution in [-0.4, -0.2) is 22.5 Å². The first-order valence-corrected chi connectivity index (χ1v) is 6.27. The number of hydrogen-bond acceptors (Lipinski definition) is 3. The van der Waals surface area contributed by atoms with Gasteiger partial charge in [-0.1, -0.05) is 11.6 Å². The van der Waals surface area contributed by atoms with Crippen molar-refractivity contribution in [2.24, 2.45) is 0 Å². The summed E-state index contributed by atoms with van der Waals surface area (Å²) in [5.41, 5.74) is 2.21. The minimum atomic E-state index is -0.0923. The number of nitrogens with zero attached hydrogens (tertiary/aromatic N) is 2. The van der Waals surface area contributed by atoms with Crippen molar-refractivity contribution in [1.29, 1.82) is 0 Å². The third-order valence-corrected chi connectivity index (χ3v) is 3.40. The maximum absolute atomic E-state index is 12.4. The van der Waals surface area contributed by atoms with E-state index in [9.17, 15) is 9.90 Å². The highest BCUT2D eigenvalue weighted by atomic mass is 35.5. The Balaban J connectivity index is 2.00. The van der Waals surface area contributed by atoms with Crippen LogP contribution in [0.25, 0.3) is 0 Å². The molecule has 3 rings (SSSR count). The highest BCUT2D eigenvalue weighted by Crippen LogP contribution is 2.27. The number of halogens is 1. The molecule has 1 aromatic heterocycles. The normalized spacial score (nSPS) is 14.4. The lowest BCUT2D eigenvalue weighted by Crippen LogP contribution is -2.37. The summed E-state index contributed by atoms with van der Waals surface area (Å²) in [6.45, 7) is 0.553. The number of pyridine rings is 1. The van der Waals surface area contributed by atoms with E-state index in [1.165, 1.54) is 12.3 Å². The SMILES string of the molecule is O=C1c2ccc(Cl)cc2CCN1c1cncc(O)c1. The van der Waals surface area contributed by atoms with E-state index in [1.54, 1.807) is 23.2 Å². The highest BCUT2D eigenvalue weighted by Gasteiger charge is 2.25. The summed E-state index contributed by atoms with van der Waals surface area (Å²) < 4.78 is 0. The lowest BCUT2D eigenvalue weighted by atomic mass is 9.99. The van der Waals surface area contributed by atoms with Gasteiger partial charge in [0.05, 0.1) is 18.1 Å². The van der Waals surface area contributed by atoms with Gasteiger partial charge in [-0.3, -0.25) is 9.78 Å². The maximum Gasteiger partial charge on any atom is 0.258 e. The molecule has 0 spiro atoms. The minimum Gasteiger partial charge on any atom is -0.506 e. The van der Waals surface area contributed by atoms with Crippen molar-refractivity contribution in [2.45, 2.75) is 6.42 Å². The molecule has 1 aliphatic heterocycles. The van der Waals surface area contributed by atoms with Crippen molar-refractivity contribution in [1.82, 2.24) is 4.98 Å². The molecule has 5 heteroatoms. The fourth-order valence-corrected chi connectivity index (χ4v) is 2.46. The van der Waals surface area contributed by atoms with Crippen molar-refractivity contribution in [3.63, 3.8) is 0 Å². The molecule has 96 valence electrons. The molecule has 0 saturated carbocycles. The Morgan fingerprint density at radius 1 is 1.26 bits per heavy atom. The number of carbonyl (C=O) groups is 1. The minimum absolute atomic E-state index is 0.0483. The van der Waals surface area contributed by atoms with Crippen LogP contribution in [0.15, 0.2) is 36.7 Å². The maximum atomic E-state index is 12.4. The van der Waals surface area contributed by atoms with Crippen LogP contribution in [0.4, 0.5) is 5.69 Å². The van der Waals surface area contributed by atoms with Gasteiger partial charge in [0.25, 0.3) is 5.91 Å². The molecular weight excluding hydrogens is 264 g/mol. The zero-order valence-corrected chi connectivity index (χ0v) is 10.8. The molecule has 0 unspecified atom stereocenters. The van der Waals surface area contributed by atoms with Gasteiger partial charge in [-0.15, -0.1) is 0 Å². The number of hydrogen-bond donors (Lipinski definition) is 1. The van der Waals surface area contributed by atoms with Gasteiger partial charge in [0, 0.05) is 23.2 Å². The summed E-state index contributed by atoms with van der Waals surface area (Å²) >= 11 is 5.93. The van der Waals surface area contributed by atoms with Crippen LogP contribution in [0.5, 0.6) is 5.75 Å². The van der Waals surface area contributed by atoms with Crippen molar-refractivity contribution in [3.8, 4) is 5.75 Å². The molecule has 19 heavy (non-hydrogen) atoms. The molecule has 0 bridgehead atoms. The van der Waals surface area contributed by atoms with Crippen LogP contribution < -0.4 is 4.90 Å². The summed E-state index contributed by atoms with van der Waals surface area (Å²) in [7, 11) is 0. The zero-order valence-electron chi connectivity index (χ0n) is 10.0. The fourth-order valence-electron chi connectivity index (χ4n) is 2.27. The van der Waals surface area contributed by atoms with E-state index < -0.39 is 0 Å². The summed E-state index contributed by atoms with van der Waals surface area (Å²) in [5.74, 6) is -0.0440. The summed E-state index contributed by atoms with van der Waals surface area (Å²) in [5, 5.41) is 10.1. The third-order valence-electron chi connectivity index (χ3n) is 3.17. The van der Waals surface area contributed by atoms with Crippen LogP contribution in [0, 0.1) is 0 Å². The van der Waals surface area contributed by atoms with Crippen LogP contribution in [0.1, 0.15) is 15.9 Å². The Morgan fingerprint density at radius 2 is 2.11 bits per heavy atom. The molecule has 0 saturated heterocycles. The molecule has 0 aliphatic carbocycles. The standard InChI is InChI=1S/C14H11ClN2O2/c15-10-1-2-13-9(5-10)3-4-17(14(13)19)11-6-12(18)8-16-7-11/h1-2,5-8,18H,3-4H2. The first-order valence-electron chi connectivity index (χ1n) is 5.89. The Kier molecular flexibility index (Phi) is 2.87. The molecular formula is C14H11ClN2O2. The number of rotatable bonds is 1. The quantitative estimate of drug-likeness (QED) is 0.870. The summed E-state index contributed by atoms with van der Waals surface area (Å²) in [6.07, 6.45) is 3.64. The largest absolute Gasteiger partial charge is 0.506 e. The number of aromatic hydroxyl groups is 1. The van der Waals surface area contributed by atoms with Crippen LogP contribution in [0.2, 0.25) is 5.02 Å². The number of anilines is 1. The Hall–Kier alpha value is -2.07. The second kappa shape index (κ2) is 4.55. The molecule has 1 amide bonds. The predicted molar refractivity (Wildman–Crippen MR) is 72.7 cm³/mol. The molecule has 0 atom stereocenters. The predicted octanol–water partition coefficient (Wildman–Crippen LogP) is 2.64. The molecule has 1 aromatic carbocycles. The van der Waals surface area contributed by atoms with Gasteiger partial charge < -0.3 is 10.0 Å². The number of fused-ring (bicyclic) bond motifs is 1. The van der Waals surface area contributed by atoms with E-state index in [0.717, 1.165) is 12.0 Å². The smallest absolute Gasteiger partial charge is 0.258 e. The Labute approximate surface area is 115 Å². The van der Waals surface area contributed by atoms with Gasteiger partial charge in [0.15, 0.2) is 0 Å². The first kappa shape index (κ1) is 12.0. The number of carbonyl (C=O) groups excluding carboxylic acids is 1. The van der Waals surface area contributed by atoms with Gasteiger partial charge >= 0.3 is 0 Å². The van der Waals surface area contributed by atoms with Crippen LogP contribution in [0.3, 0.4) is 0 Å². The average Bonchev–Trinajstić information content (AvgIpc) is 2.39. The second-order valence-corrected chi connectivity index (χ2v) is 4.85. The van der Waals surface area contributed by atoms with Gasteiger partial charge in [-0.2, -0.15) is 0 Å². The molecule has 1 N–H and O–H groups in total. The van der Waals surface area contributed by atoms with Crippen LogP contribution in [-0.2, 0) is 6.42 Å². The fraction of sp³-hybridized carbons (Fsp3) is 0.143. The van der Waals surface area contributed by atoms with Crippen molar-refractivity contribution >= 4 is 23.2 Å². The lowest BCUT2D eigenvalue weighted by Gasteiger charge is -2.28. The van der Waals surface area contributed by atoms with Gasteiger partial charge in [0.1, 0.15) is 5.75 Å². The van der Waals surface area contributed by atoms with Crippen molar-refractivity contribution in [2.75, 3.05) is 11.4 Å². The first-order chi connectivity index (χ1) is 9.15. The topological polar surface area (TPSA) is 53.4 Å². The third kappa shape index (κ3) is 2.15. The molecule has 2 heterocycles. The Bertz CT molecular complexity index is 658. The number of amides is 1. The highest BCUT2D eigenvalue weighted by molar-refractivity contribution is 6.30. The number of benzene rings is 1. The molecule has 0 radical (unpaired) electrons. The Morgan fingerprint density at radius 3 is 2.89 bits per heavy atom. The molecule has 0 fully saturated rings.